The molecule has 2 rings (SSSR count). The van der Waals surface area contributed by atoms with Crippen LogP contribution in [0.15, 0.2) is 15.2 Å². The fraction of sp³-hybridized carbons (Fsp3) is 0.636. The molecule has 78 valence electrons. The van der Waals surface area contributed by atoms with E-state index in [4.69, 9.17) is 0 Å². The highest BCUT2D eigenvalue weighted by atomic mass is 79.9. The molecule has 0 saturated heterocycles. The Morgan fingerprint density at radius 3 is 2.64 bits per heavy atom. The van der Waals surface area contributed by atoms with Crippen molar-refractivity contribution in [3.63, 3.8) is 0 Å². The van der Waals surface area contributed by atoms with Crippen molar-refractivity contribution in [1.82, 2.24) is 5.32 Å². The molecule has 0 radical (unpaired) electrons. The van der Waals surface area contributed by atoms with Crippen LogP contribution in [0.4, 0.5) is 0 Å². The molecular formula is C11H16BrNS. The summed E-state index contributed by atoms with van der Waals surface area (Å²) >= 11 is 5.39. The van der Waals surface area contributed by atoms with E-state index in [0.29, 0.717) is 6.04 Å². The Hall–Kier alpha value is 0.140. The van der Waals surface area contributed by atoms with Crippen molar-refractivity contribution in [2.75, 3.05) is 7.05 Å². The van der Waals surface area contributed by atoms with Gasteiger partial charge in [0, 0.05) is 15.9 Å². The van der Waals surface area contributed by atoms with Gasteiger partial charge < -0.3 is 5.32 Å². The molecule has 1 N–H and O–H groups in total. The predicted molar refractivity (Wildman–Crippen MR) is 65.7 cm³/mol. The van der Waals surface area contributed by atoms with E-state index >= 15 is 0 Å². The normalized spacial score (nSPS) is 20.8. The molecule has 1 fully saturated rings. The molecular weight excluding hydrogens is 258 g/mol. The van der Waals surface area contributed by atoms with Gasteiger partial charge in [0.1, 0.15) is 0 Å². The van der Waals surface area contributed by atoms with Crippen LogP contribution < -0.4 is 5.32 Å². The van der Waals surface area contributed by atoms with Crippen LogP contribution in [0.2, 0.25) is 0 Å². The molecule has 0 bridgehead atoms. The van der Waals surface area contributed by atoms with E-state index in [-0.39, 0.29) is 0 Å². The maximum absolute atomic E-state index is 3.62. The zero-order chi connectivity index (χ0) is 10.1. The lowest BCUT2D eigenvalue weighted by molar-refractivity contribution is 0.369. The summed E-state index contributed by atoms with van der Waals surface area (Å²) in [6.07, 6.45) is 2.84. The molecule has 1 aromatic heterocycles. The lowest BCUT2D eigenvalue weighted by atomic mass is 9.92. The molecule has 0 amide bonds. The molecule has 1 nitrogen and oxygen atoms in total. The maximum atomic E-state index is 3.62. The summed E-state index contributed by atoms with van der Waals surface area (Å²) in [5.74, 6) is 1.70. The summed E-state index contributed by atoms with van der Waals surface area (Å²) in [7, 11) is 2.06. The van der Waals surface area contributed by atoms with Gasteiger partial charge in [-0.25, -0.2) is 0 Å². The number of halogens is 1. The number of rotatable bonds is 4. The van der Waals surface area contributed by atoms with Gasteiger partial charge in [-0.1, -0.05) is 6.92 Å². The molecule has 1 aliphatic carbocycles. The van der Waals surface area contributed by atoms with Gasteiger partial charge in [0.2, 0.25) is 0 Å². The monoisotopic (exact) mass is 273 g/mol. The highest BCUT2D eigenvalue weighted by molar-refractivity contribution is 9.10. The average Bonchev–Trinajstić information content (AvgIpc) is 2.94. The minimum Gasteiger partial charge on any atom is -0.313 e. The third kappa shape index (κ3) is 2.05. The third-order valence-corrected chi connectivity index (χ3v) is 4.93. The number of thiophene rings is 1. The zero-order valence-corrected chi connectivity index (χ0v) is 11.0. The van der Waals surface area contributed by atoms with Gasteiger partial charge in [-0.2, -0.15) is 11.3 Å². The largest absolute Gasteiger partial charge is 0.313 e. The minimum atomic E-state index is 0.517. The average molecular weight is 274 g/mol. The quantitative estimate of drug-likeness (QED) is 0.880. The Morgan fingerprint density at radius 1 is 1.50 bits per heavy atom. The standard InChI is InChI=1S/C11H16BrNS/c1-7(8-3-4-8)11(13-2)9-5-14-6-10(9)12/h5-8,11,13H,3-4H2,1-2H3. The van der Waals surface area contributed by atoms with Crippen molar-refractivity contribution >= 4 is 27.3 Å². The second kappa shape index (κ2) is 4.33. The van der Waals surface area contributed by atoms with E-state index in [9.17, 15) is 0 Å². The first-order valence-corrected chi connectivity index (χ1v) is 6.86. The van der Waals surface area contributed by atoms with Gasteiger partial charge in [-0.05, 0) is 58.6 Å². The van der Waals surface area contributed by atoms with Gasteiger partial charge in [-0.3, -0.25) is 0 Å². The van der Waals surface area contributed by atoms with E-state index in [1.807, 2.05) is 0 Å². The molecule has 1 aromatic rings. The molecule has 0 aromatic carbocycles. The Labute approximate surface area is 98.0 Å². The summed E-state index contributed by atoms with van der Waals surface area (Å²) in [6, 6.07) is 0.517. The van der Waals surface area contributed by atoms with Gasteiger partial charge in [-0.15, -0.1) is 0 Å². The molecule has 0 aliphatic heterocycles. The second-order valence-electron chi connectivity index (χ2n) is 4.14. The summed E-state index contributed by atoms with van der Waals surface area (Å²) in [6.45, 7) is 2.36. The number of hydrogen-bond acceptors (Lipinski definition) is 2. The van der Waals surface area contributed by atoms with Crippen molar-refractivity contribution in [1.29, 1.82) is 0 Å². The smallest absolute Gasteiger partial charge is 0.0365 e. The Morgan fingerprint density at radius 2 is 2.21 bits per heavy atom. The first-order chi connectivity index (χ1) is 6.74. The maximum Gasteiger partial charge on any atom is 0.0365 e. The molecule has 0 spiro atoms. The van der Waals surface area contributed by atoms with Crippen molar-refractivity contribution in [3.8, 4) is 0 Å². The minimum absolute atomic E-state index is 0.517. The van der Waals surface area contributed by atoms with Crippen LogP contribution in [0.1, 0.15) is 31.4 Å². The van der Waals surface area contributed by atoms with Gasteiger partial charge in [0.05, 0.1) is 0 Å². The Balaban J connectivity index is 2.16. The van der Waals surface area contributed by atoms with Crippen molar-refractivity contribution < 1.29 is 0 Å². The molecule has 2 unspecified atom stereocenters. The lowest BCUT2D eigenvalue weighted by Crippen LogP contribution is -2.24. The number of hydrogen-bond donors (Lipinski definition) is 1. The summed E-state index contributed by atoms with van der Waals surface area (Å²) in [5.41, 5.74) is 1.43. The summed E-state index contributed by atoms with van der Waals surface area (Å²) < 4.78 is 1.26. The van der Waals surface area contributed by atoms with E-state index < -0.39 is 0 Å². The van der Waals surface area contributed by atoms with Crippen molar-refractivity contribution in [2.24, 2.45) is 11.8 Å². The fourth-order valence-electron chi connectivity index (χ4n) is 2.11. The van der Waals surface area contributed by atoms with Gasteiger partial charge >= 0.3 is 0 Å². The van der Waals surface area contributed by atoms with Crippen molar-refractivity contribution in [2.45, 2.75) is 25.8 Å². The van der Waals surface area contributed by atoms with Crippen LogP contribution in [0, 0.1) is 11.8 Å². The van der Waals surface area contributed by atoms with E-state index in [0.717, 1.165) is 11.8 Å². The Bertz CT molecular complexity index is 306. The predicted octanol–water partition coefficient (Wildman–Crippen LogP) is 3.82. The third-order valence-electron chi connectivity index (χ3n) is 3.18. The highest BCUT2D eigenvalue weighted by Crippen LogP contribution is 2.44. The fourth-order valence-corrected chi connectivity index (χ4v) is 3.69. The van der Waals surface area contributed by atoms with Crippen LogP contribution in [0.5, 0.6) is 0 Å². The molecule has 3 heteroatoms. The first kappa shape index (κ1) is 10.7. The molecule has 1 saturated carbocycles. The van der Waals surface area contributed by atoms with Crippen molar-refractivity contribution in [3.05, 3.63) is 20.8 Å². The molecule has 1 aliphatic rings. The van der Waals surface area contributed by atoms with Crippen LogP contribution in [0.25, 0.3) is 0 Å². The van der Waals surface area contributed by atoms with Gasteiger partial charge in [0.15, 0.2) is 0 Å². The zero-order valence-electron chi connectivity index (χ0n) is 8.59. The number of nitrogens with one attached hydrogen (secondary N) is 1. The molecule has 14 heavy (non-hydrogen) atoms. The van der Waals surface area contributed by atoms with Crippen LogP contribution in [0.3, 0.4) is 0 Å². The van der Waals surface area contributed by atoms with Crippen LogP contribution in [-0.4, -0.2) is 7.05 Å². The molecule has 2 atom stereocenters. The lowest BCUT2D eigenvalue weighted by Gasteiger charge is -2.23. The Kier molecular flexibility index (Phi) is 3.30. The van der Waals surface area contributed by atoms with Crippen LogP contribution in [-0.2, 0) is 0 Å². The van der Waals surface area contributed by atoms with E-state index in [2.05, 4.69) is 46.0 Å². The van der Waals surface area contributed by atoms with E-state index in [1.54, 1.807) is 11.3 Å². The highest BCUT2D eigenvalue weighted by Gasteiger charge is 2.34. The first-order valence-electron chi connectivity index (χ1n) is 5.13. The molecule has 1 heterocycles. The second-order valence-corrected chi connectivity index (χ2v) is 5.74. The summed E-state index contributed by atoms with van der Waals surface area (Å²) in [5, 5.41) is 7.86. The topological polar surface area (TPSA) is 12.0 Å². The SMILES string of the molecule is CNC(c1cscc1Br)C(C)C1CC1. The van der Waals surface area contributed by atoms with Gasteiger partial charge in [0.25, 0.3) is 0 Å². The summed E-state index contributed by atoms with van der Waals surface area (Å²) in [4.78, 5) is 0. The van der Waals surface area contributed by atoms with E-state index in [1.165, 1.54) is 22.9 Å². The van der Waals surface area contributed by atoms with Crippen LogP contribution >= 0.6 is 27.3 Å².